The molecule has 0 rings (SSSR count). The fraction of sp³-hybridized carbons (Fsp3) is 0.767. The maximum atomic E-state index is 12.2. The zero-order valence-corrected chi connectivity index (χ0v) is 32.0. The van der Waals surface area contributed by atoms with Gasteiger partial charge in [-0.3, -0.25) is 9.59 Å². The Bertz CT molecular complexity index is 858. The van der Waals surface area contributed by atoms with Gasteiger partial charge in [-0.25, -0.2) is 0 Å². The third kappa shape index (κ3) is 36.9. The fourth-order valence-corrected chi connectivity index (χ4v) is 5.55. The van der Waals surface area contributed by atoms with Crippen LogP contribution >= 0.6 is 0 Å². The molecule has 0 aromatic heterocycles. The molecule has 6 heteroatoms. The van der Waals surface area contributed by atoms with Crippen molar-refractivity contribution in [2.75, 3.05) is 13.2 Å². The quantitative estimate of drug-likeness (QED) is 0.0298. The Hall–Kier alpha value is -2.18. The van der Waals surface area contributed by atoms with E-state index in [2.05, 4.69) is 51.2 Å². The van der Waals surface area contributed by atoms with E-state index in [-0.39, 0.29) is 37.7 Å². The Morgan fingerprint density at radius 2 is 1.14 bits per heavy atom. The van der Waals surface area contributed by atoms with Gasteiger partial charge in [0.05, 0.1) is 12.7 Å². The molecule has 6 nitrogen and oxygen atoms in total. The van der Waals surface area contributed by atoms with Crippen LogP contribution in [-0.2, 0) is 19.1 Å². The summed E-state index contributed by atoms with van der Waals surface area (Å²) in [5, 5.41) is 19.4. The van der Waals surface area contributed by atoms with Crippen LogP contribution in [0.4, 0.5) is 0 Å². The van der Waals surface area contributed by atoms with Crippen molar-refractivity contribution in [3.8, 4) is 0 Å². The van der Waals surface area contributed by atoms with Gasteiger partial charge in [-0.05, 0) is 44.4 Å². The number of hydrogen-bond acceptors (Lipinski definition) is 6. The molecule has 0 spiro atoms. The van der Waals surface area contributed by atoms with Gasteiger partial charge in [0.2, 0.25) is 0 Å². The van der Waals surface area contributed by atoms with Crippen LogP contribution in [0.5, 0.6) is 0 Å². The van der Waals surface area contributed by atoms with Gasteiger partial charge >= 0.3 is 11.9 Å². The van der Waals surface area contributed by atoms with Crippen molar-refractivity contribution in [3.63, 3.8) is 0 Å². The summed E-state index contributed by atoms with van der Waals surface area (Å²) in [7, 11) is 0. The van der Waals surface area contributed by atoms with Crippen LogP contribution in [0.15, 0.2) is 48.6 Å². The summed E-state index contributed by atoms with van der Waals surface area (Å²) in [4.78, 5) is 24.2. The molecule has 0 aliphatic heterocycles. The Kier molecular flexibility index (Phi) is 35.4. The van der Waals surface area contributed by atoms with Crippen molar-refractivity contribution in [1.29, 1.82) is 0 Å². The first-order valence-corrected chi connectivity index (χ1v) is 20.2. The summed E-state index contributed by atoms with van der Waals surface area (Å²) in [5.41, 5.74) is 0. The van der Waals surface area contributed by atoms with Crippen molar-refractivity contribution in [2.24, 2.45) is 5.92 Å². The maximum absolute atomic E-state index is 12.2. The normalized spacial score (nSPS) is 13.4. The van der Waals surface area contributed by atoms with Gasteiger partial charge in [0.15, 0.2) is 6.10 Å². The lowest BCUT2D eigenvalue weighted by atomic mass is 10.0. The second-order valence-corrected chi connectivity index (χ2v) is 14.0. The first kappa shape index (κ1) is 46.8. The molecule has 0 saturated carbocycles. The molecule has 0 bridgehead atoms. The molecule has 0 aromatic rings. The number of allylic oxidation sites excluding steroid dienone is 7. The Labute approximate surface area is 301 Å². The largest absolute Gasteiger partial charge is 0.462 e. The molecule has 0 heterocycles. The van der Waals surface area contributed by atoms with E-state index in [9.17, 15) is 19.8 Å². The van der Waals surface area contributed by atoms with Crippen LogP contribution in [0.25, 0.3) is 0 Å². The highest BCUT2D eigenvalue weighted by atomic mass is 16.6. The van der Waals surface area contributed by atoms with E-state index in [4.69, 9.17) is 9.47 Å². The Morgan fingerprint density at radius 3 is 1.73 bits per heavy atom. The standard InChI is InChI=1S/C43H76O6/c1-4-5-27-33-40(45)34-29-24-20-16-12-10-14-17-21-25-30-35-42(46)48-38-41(37-44)49-43(47)36-31-26-22-18-13-9-7-6-8-11-15-19-23-28-32-39(2)3/h10,12,17,20-21,24,29,34,39-41,44-45H,4-9,11,13-16,18-19,22-23,25-28,30-33,35-38H2,1-3H3/b12-10-,21-17-,24-20-,34-29+/t40-,41+/m1/s1. The summed E-state index contributed by atoms with van der Waals surface area (Å²) >= 11 is 0. The minimum Gasteiger partial charge on any atom is -0.462 e. The van der Waals surface area contributed by atoms with Gasteiger partial charge in [0.1, 0.15) is 6.61 Å². The first-order chi connectivity index (χ1) is 23.9. The summed E-state index contributed by atoms with van der Waals surface area (Å²) in [6, 6.07) is 0. The zero-order valence-electron chi connectivity index (χ0n) is 32.0. The number of ether oxygens (including phenoxy) is 2. The van der Waals surface area contributed by atoms with Gasteiger partial charge in [0.25, 0.3) is 0 Å². The summed E-state index contributed by atoms with van der Waals surface area (Å²) in [6.45, 7) is 6.31. The van der Waals surface area contributed by atoms with Crippen LogP contribution in [0, 0.1) is 5.92 Å². The van der Waals surface area contributed by atoms with Gasteiger partial charge < -0.3 is 19.7 Å². The van der Waals surface area contributed by atoms with Gasteiger partial charge in [-0.2, -0.15) is 0 Å². The molecule has 0 saturated heterocycles. The molecule has 0 amide bonds. The van der Waals surface area contributed by atoms with E-state index in [1.165, 1.54) is 83.5 Å². The number of aliphatic hydroxyl groups excluding tert-OH is 2. The molecule has 284 valence electrons. The zero-order chi connectivity index (χ0) is 36.0. The number of rotatable bonds is 35. The molecular formula is C43H76O6. The number of esters is 2. The van der Waals surface area contributed by atoms with E-state index in [0.29, 0.717) is 12.8 Å². The topological polar surface area (TPSA) is 93.1 Å². The van der Waals surface area contributed by atoms with Gasteiger partial charge in [0, 0.05) is 12.8 Å². The molecule has 0 aromatic carbocycles. The predicted octanol–water partition coefficient (Wildman–Crippen LogP) is 11.4. The highest BCUT2D eigenvalue weighted by Gasteiger charge is 2.16. The van der Waals surface area contributed by atoms with E-state index < -0.39 is 6.10 Å². The van der Waals surface area contributed by atoms with E-state index in [0.717, 1.165) is 63.7 Å². The third-order valence-corrected chi connectivity index (χ3v) is 8.66. The molecule has 2 atom stereocenters. The van der Waals surface area contributed by atoms with E-state index in [1.807, 2.05) is 18.2 Å². The average Bonchev–Trinajstić information content (AvgIpc) is 3.08. The molecular weight excluding hydrogens is 612 g/mol. The molecule has 0 fully saturated rings. The number of carbonyl (C=O) groups excluding carboxylic acids is 2. The lowest BCUT2D eigenvalue weighted by Gasteiger charge is -2.15. The lowest BCUT2D eigenvalue weighted by Crippen LogP contribution is -2.28. The lowest BCUT2D eigenvalue weighted by molar-refractivity contribution is -0.161. The summed E-state index contributed by atoms with van der Waals surface area (Å²) in [5.74, 6) is 0.162. The molecule has 0 radical (unpaired) electrons. The number of unbranched alkanes of at least 4 members (excludes halogenated alkanes) is 16. The van der Waals surface area contributed by atoms with Crippen LogP contribution in [0.1, 0.15) is 181 Å². The molecule has 0 aliphatic rings. The van der Waals surface area contributed by atoms with E-state index >= 15 is 0 Å². The van der Waals surface area contributed by atoms with Crippen LogP contribution in [-0.4, -0.2) is 47.6 Å². The average molecular weight is 689 g/mol. The minimum atomic E-state index is -0.805. The van der Waals surface area contributed by atoms with Crippen molar-refractivity contribution in [1.82, 2.24) is 0 Å². The smallest absolute Gasteiger partial charge is 0.306 e. The van der Waals surface area contributed by atoms with Gasteiger partial charge in [-0.1, -0.05) is 179 Å². The van der Waals surface area contributed by atoms with Crippen molar-refractivity contribution < 1.29 is 29.3 Å². The molecule has 49 heavy (non-hydrogen) atoms. The van der Waals surface area contributed by atoms with Crippen molar-refractivity contribution >= 4 is 11.9 Å². The van der Waals surface area contributed by atoms with Crippen LogP contribution < -0.4 is 0 Å². The monoisotopic (exact) mass is 689 g/mol. The van der Waals surface area contributed by atoms with E-state index in [1.54, 1.807) is 0 Å². The molecule has 2 N–H and O–H groups in total. The fourth-order valence-electron chi connectivity index (χ4n) is 5.55. The summed E-state index contributed by atoms with van der Waals surface area (Å²) < 4.78 is 10.6. The number of carbonyl (C=O) groups is 2. The first-order valence-electron chi connectivity index (χ1n) is 20.2. The SMILES string of the molecule is CCCCC[C@@H](O)/C=C/C=C\C/C=C\C/C=C\CCCC(=O)OC[C@H](CO)OC(=O)CCCCCCCCCCCCCCCCC(C)C. The third-order valence-electron chi connectivity index (χ3n) is 8.66. The minimum absolute atomic E-state index is 0.107. The molecule has 0 unspecified atom stereocenters. The highest BCUT2D eigenvalue weighted by molar-refractivity contribution is 5.70. The Morgan fingerprint density at radius 1 is 0.612 bits per heavy atom. The predicted molar refractivity (Wildman–Crippen MR) is 206 cm³/mol. The molecule has 0 aliphatic carbocycles. The highest BCUT2D eigenvalue weighted by Crippen LogP contribution is 2.15. The second-order valence-electron chi connectivity index (χ2n) is 14.0. The number of hydrogen-bond donors (Lipinski definition) is 2. The maximum Gasteiger partial charge on any atom is 0.306 e. The van der Waals surface area contributed by atoms with Crippen LogP contribution in [0.3, 0.4) is 0 Å². The Balaban J connectivity index is 3.68. The van der Waals surface area contributed by atoms with Gasteiger partial charge in [-0.15, -0.1) is 0 Å². The van der Waals surface area contributed by atoms with Crippen LogP contribution in [0.2, 0.25) is 0 Å². The number of aliphatic hydroxyl groups is 2. The van der Waals surface area contributed by atoms with Crippen molar-refractivity contribution in [3.05, 3.63) is 48.6 Å². The summed E-state index contributed by atoms with van der Waals surface area (Å²) in [6.07, 6.45) is 42.2. The second kappa shape index (κ2) is 37.1. The van der Waals surface area contributed by atoms with Crippen molar-refractivity contribution in [2.45, 2.75) is 193 Å².